The van der Waals surface area contributed by atoms with Gasteiger partial charge in [-0.1, -0.05) is 36.4 Å². The van der Waals surface area contributed by atoms with Crippen LogP contribution in [0.15, 0.2) is 59.5 Å². The lowest BCUT2D eigenvalue weighted by Gasteiger charge is -2.05. The van der Waals surface area contributed by atoms with E-state index in [0.29, 0.717) is 11.1 Å². The molecule has 0 bridgehead atoms. The summed E-state index contributed by atoms with van der Waals surface area (Å²) in [5.74, 6) is -0.569. The number of primary sulfonamides is 1. The molecule has 0 fully saturated rings. The molecule has 5 nitrogen and oxygen atoms in total. The van der Waals surface area contributed by atoms with Crippen molar-refractivity contribution in [2.75, 3.05) is 0 Å². The summed E-state index contributed by atoms with van der Waals surface area (Å²) in [6, 6.07) is 12.1. The lowest BCUT2D eigenvalue weighted by atomic mass is 10.2. The van der Waals surface area contributed by atoms with Crippen LogP contribution in [-0.2, 0) is 21.4 Å². The van der Waals surface area contributed by atoms with Crippen LogP contribution in [0.1, 0.15) is 17.5 Å². The van der Waals surface area contributed by atoms with Crippen LogP contribution in [0.2, 0.25) is 0 Å². The molecule has 126 valence electrons. The van der Waals surface area contributed by atoms with Crippen molar-refractivity contribution in [2.45, 2.75) is 17.9 Å². The van der Waals surface area contributed by atoms with Gasteiger partial charge in [0.25, 0.3) is 0 Å². The van der Waals surface area contributed by atoms with Gasteiger partial charge in [0, 0.05) is 13.0 Å². The van der Waals surface area contributed by atoms with E-state index < -0.39 is 10.0 Å². The zero-order valence-corrected chi connectivity index (χ0v) is 13.6. The van der Waals surface area contributed by atoms with Crippen molar-refractivity contribution in [2.24, 2.45) is 5.14 Å². The maximum absolute atomic E-state index is 13.0. The average molecular weight is 348 g/mol. The molecule has 2 aromatic carbocycles. The van der Waals surface area contributed by atoms with Crippen molar-refractivity contribution in [3.8, 4) is 0 Å². The molecule has 0 aliphatic carbocycles. The molecule has 0 aliphatic rings. The predicted molar refractivity (Wildman–Crippen MR) is 89.7 cm³/mol. The van der Waals surface area contributed by atoms with Gasteiger partial charge in [-0.25, -0.2) is 17.9 Å². The monoisotopic (exact) mass is 348 g/mol. The van der Waals surface area contributed by atoms with Gasteiger partial charge in [-0.2, -0.15) is 0 Å². The van der Waals surface area contributed by atoms with Crippen molar-refractivity contribution in [3.05, 3.63) is 71.6 Å². The lowest BCUT2D eigenvalue weighted by Crippen LogP contribution is -2.22. The third kappa shape index (κ3) is 5.60. The molecule has 0 saturated heterocycles. The molecule has 24 heavy (non-hydrogen) atoms. The fraction of sp³-hybridized carbons (Fsp3) is 0.118. The van der Waals surface area contributed by atoms with Gasteiger partial charge in [-0.05, 0) is 35.4 Å². The molecule has 0 aliphatic heterocycles. The number of carbonyl (C=O) groups is 1. The van der Waals surface area contributed by atoms with Crippen molar-refractivity contribution in [3.63, 3.8) is 0 Å². The molecule has 0 aromatic heterocycles. The molecule has 7 heteroatoms. The summed E-state index contributed by atoms with van der Waals surface area (Å²) in [4.78, 5) is 11.8. The minimum atomic E-state index is -3.77. The van der Waals surface area contributed by atoms with Crippen LogP contribution in [0.3, 0.4) is 0 Å². The summed E-state index contributed by atoms with van der Waals surface area (Å²) < 4.78 is 35.6. The topological polar surface area (TPSA) is 89.3 Å². The molecule has 2 rings (SSSR count). The lowest BCUT2D eigenvalue weighted by molar-refractivity contribution is -0.120. The minimum Gasteiger partial charge on any atom is -0.352 e. The van der Waals surface area contributed by atoms with E-state index in [1.165, 1.54) is 24.3 Å². The molecule has 0 saturated carbocycles. The smallest absolute Gasteiger partial charge is 0.238 e. The van der Waals surface area contributed by atoms with Gasteiger partial charge in [0.1, 0.15) is 5.82 Å². The minimum absolute atomic E-state index is 0.000231. The molecule has 0 atom stereocenters. The van der Waals surface area contributed by atoms with E-state index in [1.54, 1.807) is 36.4 Å². The number of nitrogens with one attached hydrogen (secondary N) is 1. The number of amides is 1. The Kier molecular flexibility index (Phi) is 5.83. The molecule has 0 unspecified atom stereocenters. The van der Waals surface area contributed by atoms with Crippen molar-refractivity contribution < 1.29 is 17.6 Å². The Morgan fingerprint density at radius 1 is 1.17 bits per heavy atom. The highest BCUT2D eigenvalue weighted by Gasteiger charge is 2.08. The number of hydrogen-bond acceptors (Lipinski definition) is 3. The molecule has 1 amide bonds. The largest absolute Gasteiger partial charge is 0.352 e. The Morgan fingerprint density at radius 2 is 1.92 bits per heavy atom. The molecular formula is C17H17FN2O3S. The summed E-state index contributed by atoms with van der Waals surface area (Å²) in [6.45, 7) is 0.190. The van der Waals surface area contributed by atoms with Gasteiger partial charge in [0.2, 0.25) is 15.9 Å². The van der Waals surface area contributed by atoms with E-state index in [0.717, 1.165) is 0 Å². The number of nitrogens with two attached hydrogens (primary N) is 1. The van der Waals surface area contributed by atoms with Gasteiger partial charge < -0.3 is 5.32 Å². The van der Waals surface area contributed by atoms with Crippen LogP contribution >= 0.6 is 0 Å². The second kappa shape index (κ2) is 7.85. The van der Waals surface area contributed by atoms with Crippen molar-refractivity contribution >= 4 is 22.0 Å². The summed E-state index contributed by atoms with van der Waals surface area (Å²) in [5.41, 5.74) is 1.30. The van der Waals surface area contributed by atoms with Crippen LogP contribution in [0.25, 0.3) is 6.08 Å². The highest BCUT2D eigenvalue weighted by molar-refractivity contribution is 7.89. The molecule has 0 radical (unpaired) electrons. The highest BCUT2D eigenvalue weighted by Crippen LogP contribution is 2.10. The fourth-order valence-electron chi connectivity index (χ4n) is 2.02. The maximum atomic E-state index is 13.0. The van der Waals surface area contributed by atoms with Crippen LogP contribution < -0.4 is 10.5 Å². The number of carbonyl (C=O) groups excluding carboxylic acids is 1. The number of sulfonamides is 1. The van der Waals surface area contributed by atoms with Gasteiger partial charge in [-0.15, -0.1) is 0 Å². The number of hydrogen-bond donors (Lipinski definition) is 2. The first-order chi connectivity index (χ1) is 11.3. The van der Waals surface area contributed by atoms with Crippen molar-refractivity contribution in [1.29, 1.82) is 0 Å². The summed E-state index contributed by atoms with van der Waals surface area (Å²) in [7, 11) is -3.77. The molecule has 0 spiro atoms. The quantitative estimate of drug-likeness (QED) is 0.838. The normalized spacial score (nSPS) is 11.6. The fourth-order valence-corrected chi connectivity index (χ4v) is 2.60. The third-order valence-electron chi connectivity index (χ3n) is 3.18. The SMILES string of the molecule is NS(=O)(=O)c1cccc(CNC(=O)C/C=C/c2cccc(F)c2)c1. The summed E-state index contributed by atoms with van der Waals surface area (Å²) >= 11 is 0. The van der Waals surface area contributed by atoms with E-state index in [9.17, 15) is 17.6 Å². The second-order valence-corrected chi connectivity index (χ2v) is 6.69. The molecule has 0 heterocycles. The van der Waals surface area contributed by atoms with E-state index in [2.05, 4.69) is 5.32 Å². The van der Waals surface area contributed by atoms with E-state index >= 15 is 0 Å². The Labute approximate surface area is 140 Å². The van der Waals surface area contributed by atoms with Crippen LogP contribution in [0, 0.1) is 5.82 Å². The zero-order valence-electron chi connectivity index (χ0n) is 12.8. The van der Waals surface area contributed by atoms with E-state index in [4.69, 9.17) is 5.14 Å². The number of benzene rings is 2. The van der Waals surface area contributed by atoms with Gasteiger partial charge in [0.05, 0.1) is 4.90 Å². The summed E-state index contributed by atoms with van der Waals surface area (Å²) in [6.07, 6.45) is 3.42. The summed E-state index contributed by atoms with van der Waals surface area (Å²) in [5, 5.41) is 7.74. The molecular weight excluding hydrogens is 331 g/mol. The van der Waals surface area contributed by atoms with E-state index in [1.807, 2.05) is 0 Å². The van der Waals surface area contributed by atoms with Crippen LogP contribution in [-0.4, -0.2) is 14.3 Å². The second-order valence-electron chi connectivity index (χ2n) is 5.13. The molecule has 3 N–H and O–H groups in total. The zero-order chi connectivity index (χ0) is 17.6. The third-order valence-corrected chi connectivity index (χ3v) is 4.09. The van der Waals surface area contributed by atoms with Crippen LogP contribution in [0.5, 0.6) is 0 Å². The first kappa shape index (κ1) is 17.8. The highest BCUT2D eigenvalue weighted by atomic mass is 32.2. The molecule has 2 aromatic rings. The Morgan fingerprint density at radius 3 is 2.62 bits per heavy atom. The first-order valence-electron chi connectivity index (χ1n) is 7.15. The van der Waals surface area contributed by atoms with E-state index in [-0.39, 0.29) is 29.6 Å². The average Bonchev–Trinajstić information content (AvgIpc) is 2.52. The standard InChI is InChI=1S/C17H17FN2O3S/c18-15-7-1-4-13(10-15)5-3-9-17(21)20-12-14-6-2-8-16(11-14)24(19,22)23/h1-8,10-11H,9,12H2,(H,20,21)(H2,19,22,23)/b5-3+. The van der Waals surface area contributed by atoms with Gasteiger partial charge in [-0.3, -0.25) is 4.79 Å². The van der Waals surface area contributed by atoms with Gasteiger partial charge >= 0.3 is 0 Å². The van der Waals surface area contributed by atoms with Crippen molar-refractivity contribution in [1.82, 2.24) is 5.32 Å². The maximum Gasteiger partial charge on any atom is 0.238 e. The predicted octanol–water partition coefficient (Wildman–Crippen LogP) is 2.19. The Hall–Kier alpha value is -2.51. The van der Waals surface area contributed by atoms with Gasteiger partial charge in [0.15, 0.2) is 0 Å². The Balaban J connectivity index is 1.87. The first-order valence-corrected chi connectivity index (χ1v) is 8.70. The Bertz CT molecular complexity index is 864. The number of halogens is 1. The number of rotatable bonds is 6. The van der Waals surface area contributed by atoms with Crippen LogP contribution in [0.4, 0.5) is 4.39 Å².